The number of piperazine rings is 1. The quantitative estimate of drug-likeness (QED) is 0.612. The van der Waals surface area contributed by atoms with Gasteiger partial charge in [0.05, 0.1) is 11.6 Å². The lowest BCUT2D eigenvalue weighted by molar-refractivity contribution is 0.107. The molecule has 1 saturated carbocycles. The van der Waals surface area contributed by atoms with Crippen LogP contribution in [0.4, 0.5) is 0 Å². The van der Waals surface area contributed by atoms with Gasteiger partial charge in [-0.25, -0.2) is 4.68 Å². The van der Waals surface area contributed by atoms with Gasteiger partial charge in [-0.3, -0.25) is 9.69 Å². The smallest absolute Gasteiger partial charge is 0.253 e. The molecule has 2 fully saturated rings. The van der Waals surface area contributed by atoms with Crippen molar-refractivity contribution in [3.63, 3.8) is 0 Å². The molecule has 180 valence electrons. The number of ether oxygens (including phenoxy) is 2. The number of rotatable bonds is 5. The predicted octanol–water partition coefficient (Wildman–Crippen LogP) is 2.13. The minimum Gasteiger partial charge on any atom is -0.486 e. The summed E-state index contributed by atoms with van der Waals surface area (Å²) in [6.45, 7) is 7.88. The molecule has 2 aromatic heterocycles. The van der Waals surface area contributed by atoms with Crippen LogP contribution in [0.3, 0.4) is 0 Å². The van der Waals surface area contributed by atoms with Crippen molar-refractivity contribution in [3.8, 4) is 11.5 Å². The molecule has 1 unspecified atom stereocenters. The number of fused-ring (bicyclic) bond motifs is 2. The first-order valence-corrected chi connectivity index (χ1v) is 12.4. The molecule has 0 amide bonds. The van der Waals surface area contributed by atoms with Crippen molar-refractivity contribution in [2.45, 2.75) is 44.7 Å². The van der Waals surface area contributed by atoms with Gasteiger partial charge in [0.2, 0.25) is 0 Å². The SMILES string of the molecule is CCN1CCN(C(c2cc3cc4c(cc3[nH]c2=O)OCCO4)c2nnnn2C2CCCC2)CC1. The summed E-state index contributed by atoms with van der Waals surface area (Å²) in [5.74, 6) is 2.14. The van der Waals surface area contributed by atoms with E-state index in [-0.39, 0.29) is 11.6 Å². The zero-order valence-electron chi connectivity index (χ0n) is 19.6. The van der Waals surface area contributed by atoms with Crippen LogP contribution in [0.2, 0.25) is 0 Å². The maximum atomic E-state index is 13.5. The van der Waals surface area contributed by atoms with Gasteiger partial charge in [-0.1, -0.05) is 19.8 Å². The number of hydrogen-bond donors (Lipinski definition) is 1. The Morgan fingerprint density at radius 1 is 1.06 bits per heavy atom. The number of hydrogen-bond acceptors (Lipinski definition) is 8. The molecule has 3 aromatic rings. The van der Waals surface area contributed by atoms with Gasteiger partial charge in [0.1, 0.15) is 19.3 Å². The lowest BCUT2D eigenvalue weighted by Gasteiger charge is -2.38. The maximum absolute atomic E-state index is 13.5. The number of aromatic amines is 1. The molecular weight excluding hydrogens is 434 g/mol. The minimum absolute atomic E-state index is 0.118. The monoisotopic (exact) mass is 465 g/mol. The fraction of sp³-hybridized carbons (Fsp3) is 0.583. The molecule has 1 atom stereocenters. The lowest BCUT2D eigenvalue weighted by atomic mass is 10.0. The Balaban J connectivity index is 1.46. The first kappa shape index (κ1) is 21.5. The van der Waals surface area contributed by atoms with Crippen molar-refractivity contribution in [1.82, 2.24) is 35.0 Å². The third-order valence-electron chi connectivity index (χ3n) is 7.48. The summed E-state index contributed by atoms with van der Waals surface area (Å²) in [5, 5.41) is 13.9. The Morgan fingerprint density at radius 2 is 1.79 bits per heavy atom. The fourth-order valence-electron chi connectivity index (χ4n) is 5.59. The summed E-state index contributed by atoms with van der Waals surface area (Å²) in [6.07, 6.45) is 4.53. The molecule has 10 heteroatoms. The zero-order valence-corrected chi connectivity index (χ0v) is 19.6. The van der Waals surface area contributed by atoms with E-state index in [1.165, 1.54) is 12.8 Å². The second kappa shape index (κ2) is 8.99. The molecule has 0 spiro atoms. The van der Waals surface area contributed by atoms with Gasteiger partial charge in [0.15, 0.2) is 17.3 Å². The van der Waals surface area contributed by atoms with E-state index in [0.717, 1.165) is 62.3 Å². The second-order valence-electron chi connectivity index (χ2n) is 9.43. The third-order valence-corrected chi connectivity index (χ3v) is 7.48. The van der Waals surface area contributed by atoms with E-state index in [2.05, 4.69) is 37.2 Å². The predicted molar refractivity (Wildman–Crippen MR) is 126 cm³/mol. The second-order valence-corrected chi connectivity index (χ2v) is 9.43. The number of nitrogens with one attached hydrogen (secondary N) is 1. The first-order chi connectivity index (χ1) is 16.7. The Morgan fingerprint density at radius 3 is 2.53 bits per heavy atom. The van der Waals surface area contributed by atoms with Crippen molar-refractivity contribution < 1.29 is 9.47 Å². The van der Waals surface area contributed by atoms with Crippen LogP contribution in [0, 0.1) is 0 Å². The van der Waals surface area contributed by atoms with Gasteiger partial charge in [0, 0.05) is 43.2 Å². The van der Waals surface area contributed by atoms with Crippen LogP contribution < -0.4 is 15.0 Å². The molecule has 6 rings (SSSR count). The summed E-state index contributed by atoms with van der Waals surface area (Å²) < 4.78 is 13.5. The molecule has 1 aliphatic carbocycles. The number of benzene rings is 1. The average molecular weight is 466 g/mol. The van der Waals surface area contributed by atoms with Crippen LogP contribution in [-0.2, 0) is 0 Å². The molecule has 2 aliphatic heterocycles. The molecule has 4 heterocycles. The summed E-state index contributed by atoms with van der Waals surface area (Å²) in [7, 11) is 0. The molecule has 0 radical (unpaired) electrons. The van der Waals surface area contributed by atoms with Crippen molar-refractivity contribution in [2.24, 2.45) is 0 Å². The number of aromatic nitrogens is 5. The highest BCUT2D eigenvalue weighted by Gasteiger charge is 2.34. The third kappa shape index (κ3) is 3.84. The summed E-state index contributed by atoms with van der Waals surface area (Å²) in [5.41, 5.74) is 1.29. The van der Waals surface area contributed by atoms with Gasteiger partial charge in [-0.2, -0.15) is 0 Å². The fourth-order valence-corrected chi connectivity index (χ4v) is 5.59. The standard InChI is InChI=1S/C24H31N7O3/c1-2-29-7-9-30(10-8-29)22(23-26-27-28-31(23)17-5-3-4-6-17)18-13-16-14-20-21(34-12-11-33-20)15-19(16)25-24(18)32/h13-15,17,22H,2-12H2,1H3,(H,25,32). The van der Waals surface area contributed by atoms with Crippen LogP contribution >= 0.6 is 0 Å². The van der Waals surface area contributed by atoms with Crippen molar-refractivity contribution >= 4 is 10.9 Å². The van der Waals surface area contributed by atoms with E-state index in [1.807, 2.05) is 22.9 Å². The lowest BCUT2D eigenvalue weighted by Crippen LogP contribution is -2.49. The maximum Gasteiger partial charge on any atom is 0.253 e. The van der Waals surface area contributed by atoms with E-state index in [4.69, 9.17) is 9.47 Å². The van der Waals surface area contributed by atoms with Gasteiger partial charge in [-0.05, 0) is 41.9 Å². The highest BCUT2D eigenvalue weighted by atomic mass is 16.6. The minimum atomic E-state index is -0.309. The van der Waals surface area contributed by atoms with Crippen LogP contribution in [-0.4, -0.2) is 80.9 Å². The molecular formula is C24H31N7O3. The molecule has 0 bridgehead atoms. The van der Waals surface area contributed by atoms with E-state index in [0.29, 0.717) is 36.3 Å². The molecule has 34 heavy (non-hydrogen) atoms. The van der Waals surface area contributed by atoms with Crippen LogP contribution in [0.15, 0.2) is 23.0 Å². The highest BCUT2D eigenvalue weighted by molar-refractivity contribution is 5.83. The van der Waals surface area contributed by atoms with Gasteiger partial charge >= 0.3 is 0 Å². The molecule has 1 N–H and O–H groups in total. The highest BCUT2D eigenvalue weighted by Crippen LogP contribution is 2.36. The van der Waals surface area contributed by atoms with Crippen molar-refractivity contribution in [1.29, 1.82) is 0 Å². The Bertz CT molecular complexity index is 1230. The van der Waals surface area contributed by atoms with Crippen molar-refractivity contribution in [2.75, 3.05) is 45.9 Å². The van der Waals surface area contributed by atoms with E-state index >= 15 is 0 Å². The Labute approximate surface area is 197 Å². The first-order valence-electron chi connectivity index (χ1n) is 12.4. The van der Waals surface area contributed by atoms with Gasteiger partial charge < -0.3 is 19.4 Å². The largest absolute Gasteiger partial charge is 0.486 e. The molecule has 10 nitrogen and oxygen atoms in total. The number of likely N-dealkylation sites (N-methyl/N-ethyl adjacent to an activating group) is 1. The van der Waals surface area contributed by atoms with Crippen LogP contribution in [0.5, 0.6) is 11.5 Å². The topological polar surface area (TPSA) is 101 Å². The average Bonchev–Trinajstić information content (AvgIpc) is 3.56. The Kier molecular flexibility index (Phi) is 5.70. The molecule has 1 saturated heterocycles. The van der Waals surface area contributed by atoms with Crippen LogP contribution in [0.25, 0.3) is 10.9 Å². The van der Waals surface area contributed by atoms with E-state index < -0.39 is 0 Å². The molecule has 1 aromatic carbocycles. The number of nitrogens with zero attached hydrogens (tertiary/aromatic N) is 6. The Hall–Kier alpha value is -2.98. The number of pyridine rings is 1. The number of H-pyrrole nitrogens is 1. The summed E-state index contributed by atoms with van der Waals surface area (Å²) in [4.78, 5) is 21.4. The molecule has 3 aliphatic rings. The van der Waals surface area contributed by atoms with Crippen LogP contribution in [0.1, 0.15) is 56.1 Å². The van der Waals surface area contributed by atoms with E-state index in [9.17, 15) is 4.79 Å². The van der Waals surface area contributed by atoms with Crippen molar-refractivity contribution in [3.05, 3.63) is 39.9 Å². The van der Waals surface area contributed by atoms with Gasteiger partial charge in [-0.15, -0.1) is 5.10 Å². The zero-order chi connectivity index (χ0) is 23.1. The summed E-state index contributed by atoms with van der Waals surface area (Å²) in [6, 6.07) is 5.77. The normalized spacial score (nSPS) is 20.7. The van der Waals surface area contributed by atoms with Gasteiger partial charge in [0.25, 0.3) is 5.56 Å². The number of tetrazole rings is 1. The summed E-state index contributed by atoms with van der Waals surface area (Å²) >= 11 is 0. The van der Waals surface area contributed by atoms with E-state index in [1.54, 1.807) is 0 Å².